The predicted molar refractivity (Wildman–Crippen MR) is 113 cm³/mol. The van der Waals surface area contributed by atoms with Crippen LogP contribution in [-0.2, 0) is 10.1 Å². The summed E-state index contributed by atoms with van der Waals surface area (Å²) in [6.45, 7) is 4.41. The van der Waals surface area contributed by atoms with E-state index in [-0.39, 0.29) is 5.75 Å². The van der Waals surface area contributed by atoms with Crippen LogP contribution >= 0.6 is 0 Å². The summed E-state index contributed by atoms with van der Waals surface area (Å²) in [6.07, 6.45) is 19.3. The normalized spacial score (nSPS) is 12.6. The molecule has 0 rings (SSSR count). The van der Waals surface area contributed by atoms with Crippen LogP contribution in [0.2, 0.25) is 0 Å². The first-order valence-corrected chi connectivity index (χ1v) is 12.6. The Labute approximate surface area is 164 Å². The molecule has 0 aromatic carbocycles. The van der Waals surface area contributed by atoms with Crippen LogP contribution in [0.4, 0.5) is 0 Å². The summed E-state index contributed by atoms with van der Waals surface area (Å²) in [5, 5.41) is 0. The maximum Gasteiger partial charge on any atom is 0.264 e. The molecule has 0 saturated heterocycles. The van der Waals surface area contributed by atoms with Crippen molar-refractivity contribution in [3.63, 3.8) is 0 Å². The van der Waals surface area contributed by atoms with Crippen LogP contribution < -0.4 is 0 Å². The summed E-state index contributed by atoms with van der Waals surface area (Å²) >= 11 is 0. The van der Waals surface area contributed by atoms with E-state index in [0.717, 1.165) is 24.0 Å². The zero-order valence-corrected chi connectivity index (χ0v) is 18.7. The predicted octanol–water partition coefficient (Wildman–Crippen LogP) is 5.82. The molecule has 0 aliphatic heterocycles. The molecule has 0 aliphatic rings. The van der Waals surface area contributed by atoms with Crippen LogP contribution in [0.5, 0.6) is 0 Å². The highest BCUT2D eigenvalue weighted by Gasteiger charge is 2.14. The van der Waals surface area contributed by atoms with Crippen LogP contribution in [0.3, 0.4) is 0 Å². The van der Waals surface area contributed by atoms with Gasteiger partial charge >= 0.3 is 0 Å². The third-order valence-electron chi connectivity index (χ3n) is 5.28. The maximum absolute atomic E-state index is 10.7. The lowest BCUT2D eigenvalue weighted by molar-refractivity contribution is -0.890. The Kier molecular flexibility index (Phi) is 15.8. The molecule has 0 unspecified atom stereocenters. The average Bonchev–Trinajstić information content (AvgIpc) is 2.55. The van der Waals surface area contributed by atoms with Crippen LogP contribution in [0.25, 0.3) is 0 Å². The second kappa shape index (κ2) is 15.9. The molecule has 0 heterocycles. The summed E-state index contributed by atoms with van der Waals surface area (Å²) in [5.74, 6) is -0.105. The van der Waals surface area contributed by atoms with Gasteiger partial charge in [-0.05, 0) is 25.7 Å². The fourth-order valence-corrected chi connectivity index (χ4v) is 4.06. The van der Waals surface area contributed by atoms with Crippen molar-refractivity contribution in [3.05, 3.63) is 0 Å². The van der Waals surface area contributed by atoms with Gasteiger partial charge in [-0.1, -0.05) is 77.6 Å². The lowest BCUT2D eigenvalue weighted by Crippen LogP contribution is -2.41. The first kappa shape index (κ1) is 25.9. The molecule has 5 heteroatoms. The van der Waals surface area contributed by atoms with Crippen molar-refractivity contribution >= 4 is 10.1 Å². The van der Waals surface area contributed by atoms with Crippen molar-refractivity contribution in [2.75, 3.05) is 32.9 Å². The molecule has 0 fully saturated rings. The quantitative estimate of drug-likeness (QED) is 0.171. The van der Waals surface area contributed by atoms with Crippen molar-refractivity contribution in [2.24, 2.45) is 0 Å². The molecule has 4 nitrogen and oxygen atoms in total. The number of rotatable bonds is 19. The molecule has 1 N–H and O–H groups in total. The second-order valence-corrected chi connectivity index (χ2v) is 10.2. The van der Waals surface area contributed by atoms with E-state index in [4.69, 9.17) is 4.55 Å². The molecule has 0 bridgehead atoms. The first-order valence-electron chi connectivity index (χ1n) is 11.0. The minimum Gasteiger partial charge on any atom is -0.328 e. The van der Waals surface area contributed by atoms with Crippen LogP contribution in [-0.4, -0.2) is 50.4 Å². The Morgan fingerprint density at radius 2 is 0.962 bits per heavy atom. The Hall–Kier alpha value is -0.130. The van der Waals surface area contributed by atoms with Gasteiger partial charge in [0.25, 0.3) is 10.1 Å². The van der Waals surface area contributed by atoms with Gasteiger partial charge in [0.15, 0.2) is 0 Å². The molecule has 0 spiro atoms. The van der Waals surface area contributed by atoms with Crippen LogP contribution in [0, 0.1) is 0 Å². The number of hydrogen-bond donors (Lipinski definition) is 1. The monoisotopic (exact) mass is 392 g/mol. The van der Waals surface area contributed by atoms with E-state index >= 15 is 0 Å². The van der Waals surface area contributed by atoms with Gasteiger partial charge in [0.05, 0.1) is 32.9 Å². The number of nitrogens with zero attached hydrogens (tertiary/aromatic N) is 1. The molecule has 0 aliphatic carbocycles. The van der Waals surface area contributed by atoms with E-state index in [9.17, 15) is 8.42 Å². The van der Waals surface area contributed by atoms with Crippen molar-refractivity contribution in [1.82, 2.24) is 0 Å². The van der Waals surface area contributed by atoms with Gasteiger partial charge in [-0.2, -0.15) is 8.42 Å². The largest absolute Gasteiger partial charge is 0.328 e. The molecular formula is C21H46NO3S+. The Balaban J connectivity index is 3.37. The second-order valence-electron chi connectivity index (χ2n) is 8.62. The molecule has 158 valence electrons. The van der Waals surface area contributed by atoms with E-state index in [1.807, 2.05) is 0 Å². The smallest absolute Gasteiger partial charge is 0.264 e. The van der Waals surface area contributed by atoms with Crippen LogP contribution in [0.1, 0.15) is 103 Å². The zero-order chi connectivity index (χ0) is 19.7. The molecule has 0 radical (unpaired) electrons. The molecule has 0 aromatic heterocycles. The van der Waals surface area contributed by atoms with Gasteiger partial charge in [-0.3, -0.25) is 4.55 Å². The molecule has 0 amide bonds. The van der Waals surface area contributed by atoms with Crippen molar-refractivity contribution in [1.29, 1.82) is 0 Å². The van der Waals surface area contributed by atoms with E-state index in [1.165, 1.54) is 83.5 Å². The fourth-order valence-electron chi connectivity index (χ4n) is 3.49. The van der Waals surface area contributed by atoms with Crippen molar-refractivity contribution in [3.8, 4) is 0 Å². The summed E-state index contributed by atoms with van der Waals surface area (Å²) < 4.78 is 31.1. The molecule has 0 aromatic rings. The Morgan fingerprint density at radius 3 is 1.35 bits per heavy atom. The topological polar surface area (TPSA) is 54.4 Å². The first-order chi connectivity index (χ1) is 12.3. The van der Waals surface area contributed by atoms with Gasteiger partial charge in [0, 0.05) is 0 Å². The highest BCUT2D eigenvalue weighted by molar-refractivity contribution is 7.85. The van der Waals surface area contributed by atoms with E-state index < -0.39 is 10.1 Å². The lowest BCUT2D eigenvalue weighted by Gasteiger charge is -2.29. The van der Waals surface area contributed by atoms with Crippen molar-refractivity contribution < 1.29 is 17.5 Å². The molecule has 0 atom stereocenters. The van der Waals surface area contributed by atoms with E-state index in [1.54, 1.807) is 0 Å². The third-order valence-corrected chi connectivity index (χ3v) is 6.09. The van der Waals surface area contributed by atoms with E-state index in [2.05, 4.69) is 21.0 Å². The maximum atomic E-state index is 10.7. The number of quaternary nitrogens is 1. The minimum atomic E-state index is -3.79. The summed E-state index contributed by atoms with van der Waals surface area (Å²) in [7, 11) is 0.642. The molecule has 0 saturated carbocycles. The standard InChI is InChI=1S/C21H45NO3S/c1-4-5-6-7-8-9-10-11-12-13-14-15-16-19-22(2,3)20-17-18-21-26(23,24)25/h4-21H2,1-3H3/p+1. The zero-order valence-electron chi connectivity index (χ0n) is 17.8. The number of hydrogen-bond acceptors (Lipinski definition) is 2. The Bertz CT molecular complexity index is 407. The van der Waals surface area contributed by atoms with E-state index in [0.29, 0.717) is 6.42 Å². The van der Waals surface area contributed by atoms with Gasteiger partial charge < -0.3 is 4.48 Å². The average molecular weight is 393 g/mol. The lowest BCUT2D eigenvalue weighted by atomic mass is 10.0. The van der Waals surface area contributed by atoms with Gasteiger partial charge in [-0.15, -0.1) is 0 Å². The van der Waals surface area contributed by atoms with Crippen molar-refractivity contribution in [2.45, 2.75) is 103 Å². The summed E-state index contributed by atoms with van der Waals surface area (Å²) in [5.41, 5.74) is 0. The SMILES string of the molecule is CCCCCCCCCCCCCCC[N+](C)(C)CCCCS(=O)(=O)O. The summed E-state index contributed by atoms with van der Waals surface area (Å²) in [6, 6.07) is 0. The van der Waals surface area contributed by atoms with Gasteiger partial charge in [0.2, 0.25) is 0 Å². The fraction of sp³-hybridized carbons (Fsp3) is 1.00. The third kappa shape index (κ3) is 20.2. The Morgan fingerprint density at radius 1 is 0.615 bits per heavy atom. The highest BCUT2D eigenvalue weighted by Crippen LogP contribution is 2.13. The molecular weight excluding hydrogens is 346 g/mol. The minimum absolute atomic E-state index is 0.105. The van der Waals surface area contributed by atoms with Gasteiger partial charge in [-0.25, -0.2) is 0 Å². The molecule has 26 heavy (non-hydrogen) atoms. The van der Waals surface area contributed by atoms with Gasteiger partial charge in [0.1, 0.15) is 0 Å². The van der Waals surface area contributed by atoms with Crippen LogP contribution in [0.15, 0.2) is 0 Å². The highest BCUT2D eigenvalue weighted by atomic mass is 32.2. The summed E-state index contributed by atoms with van der Waals surface area (Å²) in [4.78, 5) is 0. The number of unbranched alkanes of at least 4 members (excludes halogenated alkanes) is 13.